The average Bonchev–Trinajstić information content (AvgIpc) is 2.63. The molecule has 1 aromatic rings. The first-order valence-electron chi connectivity index (χ1n) is 7.72. The topological polar surface area (TPSA) is 117 Å². The van der Waals surface area contributed by atoms with Crippen LogP contribution in [-0.2, 0) is 14.3 Å². The molecule has 0 fully saturated rings. The van der Waals surface area contributed by atoms with Crippen LogP contribution >= 0.6 is 0 Å². The highest BCUT2D eigenvalue weighted by atomic mass is 16.6. The number of nitro benzene ring substituents is 1. The predicted octanol–water partition coefficient (Wildman–Crippen LogP) is 1.75. The molecular formula is C17H20N2O7. The fourth-order valence-corrected chi connectivity index (χ4v) is 2.01. The van der Waals surface area contributed by atoms with Crippen molar-refractivity contribution in [1.29, 1.82) is 0 Å². The van der Waals surface area contributed by atoms with Gasteiger partial charge in [-0.2, -0.15) is 0 Å². The number of ether oxygens (including phenoxy) is 3. The number of terminal acetylenes is 1. The summed E-state index contributed by atoms with van der Waals surface area (Å²) in [5, 5.41) is 13.8. The van der Waals surface area contributed by atoms with Crippen molar-refractivity contribution in [2.75, 3.05) is 20.3 Å². The molecular weight excluding hydrogens is 344 g/mol. The molecule has 0 heterocycles. The Morgan fingerprint density at radius 3 is 2.62 bits per heavy atom. The van der Waals surface area contributed by atoms with Crippen LogP contribution in [0.3, 0.4) is 0 Å². The van der Waals surface area contributed by atoms with E-state index in [1.165, 1.54) is 20.1 Å². The van der Waals surface area contributed by atoms with Crippen molar-refractivity contribution in [2.45, 2.75) is 26.4 Å². The highest BCUT2D eigenvalue weighted by molar-refractivity contribution is 5.78. The van der Waals surface area contributed by atoms with Crippen LogP contribution in [0.4, 0.5) is 5.69 Å². The predicted molar refractivity (Wildman–Crippen MR) is 91.8 cm³/mol. The van der Waals surface area contributed by atoms with Crippen LogP contribution < -0.4 is 14.8 Å². The number of carbonyl (C=O) groups excluding carboxylic acids is 2. The Morgan fingerprint density at radius 1 is 1.38 bits per heavy atom. The molecule has 0 radical (unpaired) electrons. The molecule has 1 rings (SSSR count). The molecule has 0 aromatic heterocycles. The molecule has 26 heavy (non-hydrogen) atoms. The molecule has 0 saturated carbocycles. The fourth-order valence-electron chi connectivity index (χ4n) is 2.01. The highest BCUT2D eigenvalue weighted by Gasteiger charge is 2.26. The van der Waals surface area contributed by atoms with Crippen LogP contribution in [0.25, 0.3) is 0 Å². The molecule has 0 spiro atoms. The minimum atomic E-state index is -0.857. The molecule has 9 nitrogen and oxygen atoms in total. The van der Waals surface area contributed by atoms with Gasteiger partial charge in [0.15, 0.2) is 18.1 Å². The summed E-state index contributed by atoms with van der Waals surface area (Å²) in [7, 11) is 1.35. The maximum absolute atomic E-state index is 11.6. The lowest BCUT2D eigenvalue weighted by Gasteiger charge is -2.16. The number of esters is 1. The third-order valence-electron chi connectivity index (χ3n) is 3.29. The Hall–Kier alpha value is -3.28. The summed E-state index contributed by atoms with van der Waals surface area (Å²) in [5.74, 6) is 1.44. The van der Waals surface area contributed by atoms with Gasteiger partial charge in [-0.1, -0.05) is 12.8 Å². The van der Waals surface area contributed by atoms with Crippen molar-refractivity contribution in [3.8, 4) is 23.8 Å². The summed E-state index contributed by atoms with van der Waals surface area (Å²) in [4.78, 5) is 33.8. The quantitative estimate of drug-likeness (QED) is 0.307. The molecule has 0 bridgehead atoms. The van der Waals surface area contributed by atoms with E-state index in [0.29, 0.717) is 0 Å². The van der Waals surface area contributed by atoms with Gasteiger partial charge in [-0.3, -0.25) is 19.7 Å². The Bertz CT molecular complexity index is 725. The van der Waals surface area contributed by atoms with E-state index in [1.807, 2.05) is 0 Å². The lowest BCUT2D eigenvalue weighted by Crippen LogP contribution is -2.29. The van der Waals surface area contributed by atoms with Crippen LogP contribution in [0.2, 0.25) is 0 Å². The second kappa shape index (κ2) is 9.88. The lowest BCUT2D eigenvalue weighted by atomic mass is 10.1. The van der Waals surface area contributed by atoms with Crippen LogP contribution in [0.5, 0.6) is 11.5 Å². The Balaban J connectivity index is 3.12. The van der Waals surface area contributed by atoms with Gasteiger partial charge in [0.1, 0.15) is 6.10 Å². The summed E-state index contributed by atoms with van der Waals surface area (Å²) in [6.45, 7) is 2.78. The number of hydrogen-bond acceptors (Lipinski definition) is 7. The van der Waals surface area contributed by atoms with E-state index < -0.39 is 29.5 Å². The number of carbonyl (C=O) groups is 2. The first-order chi connectivity index (χ1) is 12.3. The van der Waals surface area contributed by atoms with E-state index in [4.69, 9.17) is 20.6 Å². The molecule has 0 aliphatic rings. The average molecular weight is 364 g/mol. The van der Waals surface area contributed by atoms with Gasteiger partial charge in [0.25, 0.3) is 11.6 Å². The van der Waals surface area contributed by atoms with Gasteiger partial charge < -0.3 is 19.5 Å². The Kier molecular flexibility index (Phi) is 7.89. The smallest absolute Gasteiger partial charge is 0.306 e. The zero-order chi connectivity index (χ0) is 19.7. The van der Waals surface area contributed by atoms with E-state index in [9.17, 15) is 19.7 Å². The van der Waals surface area contributed by atoms with Crippen LogP contribution in [0.15, 0.2) is 12.1 Å². The summed E-state index contributed by atoms with van der Waals surface area (Å²) >= 11 is 0. The van der Waals surface area contributed by atoms with Crippen LogP contribution in [0, 0.1) is 22.5 Å². The summed E-state index contributed by atoms with van der Waals surface area (Å²) < 4.78 is 15.6. The molecule has 1 N–H and O–H groups in total. The number of benzene rings is 1. The zero-order valence-corrected chi connectivity index (χ0v) is 14.7. The van der Waals surface area contributed by atoms with Gasteiger partial charge >= 0.3 is 5.97 Å². The zero-order valence-electron chi connectivity index (χ0n) is 14.7. The number of nitrogens with one attached hydrogen (secondary N) is 1. The molecule has 1 aromatic carbocycles. The van der Waals surface area contributed by atoms with Gasteiger partial charge in [0.2, 0.25) is 0 Å². The maximum Gasteiger partial charge on any atom is 0.306 e. The largest absolute Gasteiger partial charge is 0.493 e. The molecule has 0 aliphatic heterocycles. The SMILES string of the molecule is C#CCNC(=O)COc1cc([N+](=O)[O-])c(C(C)OC(=O)CC)cc1OC. The number of nitrogens with zero attached hydrogens (tertiary/aromatic N) is 1. The molecule has 9 heteroatoms. The third-order valence-corrected chi connectivity index (χ3v) is 3.29. The van der Waals surface area contributed by atoms with Crippen LogP contribution in [0.1, 0.15) is 31.9 Å². The van der Waals surface area contributed by atoms with Crippen molar-refractivity contribution in [2.24, 2.45) is 0 Å². The van der Waals surface area contributed by atoms with Crippen molar-refractivity contribution in [1.82, 2.24) is 5.32 Å². The molecule has 0 aliphatic carbocycles. The number of amides is 1. The number of nitro groups is 1. The van der Waals surface area contributed by atoms with Crippen LogP contribution in [-0.4, -0.2) is 37.1 Å². The minimum absolute atomic E-state index is 0.00725. The van der Waals surface area contributed by atoms with Crippen molar-refractivity contribution in [3.63, 3.8) is 0 Å². The van der Waals surface area contributed by atoms with E-state index in [2.05, 4.69) is 11.2 Å². The number of rotatable bonds is 9. The van der Waals surface area contributed by atoms with Gasteiger partial charge in [-0.15, -0.1) is 6.42 Å². The lowest BCUT2D eigenvalue weighted by molar-refractivity contribution is -0.386. The first-order valence-corrected chi connectivity index (χ1v) is 7.72. The molecule has 140 valence electrons. The minimum Gasteiger partial charge on any atom is -0.493 e. The normalized spacial score (nSPS) is 11.0. The van der Waals surface area contributed by atoms with E-state index in [-0.39, 0.29) is 35.7 Å². The van der Waals surface area contributed by atoms with Gasteiger partial charge in [0.05, 0.1) is 30.2 Å². The fraction of sp³-hybridized carbons (Fsp3) is 0.412. The van der Waals surface area contributed by atoms with Gasteiger partial charge in [-0.05, 0) is 13.0 Å². The van der Waals surface area contributed by atoms with E-state index >= 15 is 0 Å². The number of methoxy groups -OCH3 is 1. The molecule has 0 saturated heterocycles. The molecule has 1 unspecified atom stereocenters. The monoisotopic (exact) mass is 364 g/mol. The Labute approximate surface area is 150 Å². The third kappa shape index (κ3) is 5.66. The standard InChI is InChI=1S/C17H20N2O7/c1-5-7-18-16(20)10-25-15-9-13(19(22)23)12(8-14(15)24-4)11(3)26-17(21)6-2/h1,8-9,11H,6-7,10H2,2-4H3,(H,18,20). The molecule has 1 amide bonds. The van der Waals surface area contributed by atoms with Crippen molar-refractivity contribution >= 4 is 17.6 Å². The highest BCUT2D eigenvalue weighted by Crippen LogP contribution is 2.38. The number of hydrogen-bond donors (Lipinski definition) is 1. The van der Waals surface area contributed by atoms with Gasteiger partial charge in [-0.25, -0.2) is 0 Å². The van der Waals surface area contributed by atoms with E-state index in [1.54, 1.807) is 6.92 Å². The van der Waals surface area contributed by atoms with Gasteiger partial charge in [0, 0.05) is 6.42 Å². The maximum atomic E-state index is 11.6. The second-order valence-electron chi connectivity index (χ2n) is 5.07. The summed E-state index contributed by atoms with van der Waals surface area (Å²) in [6.07, 6.45) is 4.32. The van der Waals surface area contributed by atoms with E-state index in [0.717, 1.165) is 6.07 Å². The van der Waals surface area contributed by atoms with Crippen molar-refractivity contribution in [3.05, 3.63) is 27.8 Å². The summed E-state index contributed by atoms with van der Waals surface area (Å²) in [6, 6.07) is 2.47. The summed E-state index contributed by atoms with van der Waals surface area (Å²) in [5.41, 5.74) is -0.168. The second-order valence-corrected chi connectivity index (χ2v) is 5.07. The van der Waals surface area contributed by atoms with Crippen molar-refractivity contribution < 1.29 is 28.7 Å². The Morgan fingerprint density at radius 2 is 2.08 bits per heavy atom. The first kappa shape index (κ1) is 20.8. The molecule has 1 atom stereocenters.